The van der Waals surface area contributed by atoms with Crippen molar-refractivity contribution in [2.45, 2.75) is 26.7 Å². The molecule has 0 amide bonds. The molecule has 0 aromatic heterocycles. The summed E-state index contributed by atoms with van der Waals surface area (Å²) in [4.78, 5) is 10.4. The normalized spacial score (nSPS) is 16.0. The smallest absolute Gasteiger partial charge is 0.132 e. The predicted molar refractivity (Wildman–Crippen MR) is 46.0 cm³/mol. The topological polar surface area (TPSA) is 17.1 Å². The molecule has 58 valence electrons. The fourth-order valence-corrected chi connectivity index (χ4v) is 1.40. The van der Waals surface area contributed by atoms with Gasteiger partial charge in [-0.05, 0) is 30.1 Å². The van der Waals surface area contributed by atoms with Crippen molar-refractivity contribution in [1.82, 2.24) is 0 Å². The molecule has 1 heteroatoms. The first-order valence-electron chi connectivity index (χ1n) is 3.99. The summed E-state index contributed by atoms with van der Waals surface area (Å²) < 4.78 is 0. The van der Waals surface area contributed by atoms with Crippen molar-refractivity contribution in [3.8, 4) is 0 Å². The molecular formula is C10H12O. The molecule has 1 nitrogen and oxygen atoms in total. The SMILES string of the molecule is CCC1=C(CC)C(=C=O)C=C1. The van der Waals surface area contributed by atoms with Gasteiger partial charge in [-0.2, -0.15) is 0 Å². The molecule has 0 aromatic rings. The Morgan fingerprint density at radius 2 is 2.00 bits per heavy atom. The van der Waals surface area contributed by atoms with Crippen molar-refractivity contribution >= 4 is 5.94 Å². The number of allylic oxidation sites excluding steroid dienone is 5. The lowest BCUT2D eigenvalue weighted by atomic mass is 10.0. The van der Waals surface area contributed by atoms with Gasteiger partial charge < -0.3 is 0 Å². The number of rotatable bonds is 2. The van der Waals surface area contributed by atoms with Crippen molar-refractivity contribution in [3.63, 3.8) is 0 Å². The van der Waals surface area contributed by atoms with Crippen LogP contribution in [-0.2, 0) is 4.79 Å². The summed E-state index contributed by atoms with van der Waals surface area (Å²) in [6, 6.07) is 0. The van der Waals surface area contributed by atoms with Crippen LogP contribution in [-0.4, -0.2) is 5.94 Å². The summed E-state index contributed by atoms with van der Waals surface area (Å²) in [5.41, 5.74) is 3.19. The van der Waals surface area contributed by atoms with E-state index in [-0.39, 0.29) is 0 Å². The molecule has 0 atom stereocenters. The molecule has 11 heavy (non-hydrogen) atoms. The highest BCUT2D eigenvalue weighted by molar-refractivity contribution is 5.70. The van der Waals surface area contributed by atoms with E-state index in [1.807, 2.05) is 18.1 Å². The molecule has 0 fully saturated rings. The molecular weight excluding hydrogens is 136 g/mol. The van der Waals surface area contributed by atoms with Crippen molar-refractivity contribution in [2.24, 2.45) is 0 Å². The zero-order valence-corrected chi connectivity index (χ0v) is 6.98. The molecule has 1 aliphatic carbocycles. The number of carbonyl (C=O) groups excluding carboxylic acids is 1. The summed E-state index contributed by atoms with van der Waals surface area (Å²) in [5, 5.41) is 0. The first-order valence-corrected chi connectivity index (χ1v) is 3.99. The van der Waals surface area contributed by atoms with Crippen molar-refractivity contribution < 1.29 is 4.79 Å². The quantitative estimate of drug-likeness (QED) is 0.550. The van der Waals surface area contributed by atoms with E-state index < -0.39 is 0 Å². The number of hydrogen-bond donors (Lipinski definition) is 0. The van der Waals surface area contributed by atoms with E-state index in [1.54, 1.807) is 0 Å². The second-order valence-corrected chi connectivity index (χ2v) is 2.56. The van der Waals surface area contributed by atoms with Gasteiger partial charge in [0, 0.05) is 0 Å². The van der Waals surface area contributed by atoms with E-state index >= 15 is 0 Å². The molecule has 1 aliphatic rings. The molecule has 0 saturated carbocycles. The largest absolute Gasteiger partial charge is 0.233 e. The van der Waals surface area contributed by atoms with Gasteiger partial charge in [-0.3, -0.25) is 0 Å². The van der Waals surface area contributed by atoms with Gasteiger partial charge in [0.05, 0.1) is 5.57 Å². The minimum atomic E-state index is 0.740. The molecule has 0 heterocycles. The fourth-order valence-electron chi connectivity index (χ4n) is 1.40. The third-order valence-corrected chi connectivity index (χ3v) is 2.01. The maximum atomic E-state index is 10.4. The van der Waals surface area contributed by atoms with Crippen LogP contribution in [0.25, 0.3) is 0 Å². The van der Waals surface area contributed by atoms with Gasteiger partial charge in [0.15, 0.2) is 0 Å². The molecule has 0 aliphatic heterocycles. The van der Waals surface area contributed by atoms with Crippen LogP contribution >= 0.6 is 0 Å². The molecule has 0 bridgehead atoms. The van der Waals surface area contributed by atoms with Gasteiger partial charge in [0.25, 0.3) is 0 Å². The third kappa shape index (κ3) is 1.33. The summed E-state index contributed by atoms with van der Waals surface area (Å²) in [7, 11) is 0. The maximum absolute atomic E-state index is 10.4. The average Bonchev–Trinajstić information content (AvgIpc) is 2.45. The second kappa shape index (κ2) is 3.36. The zero-order chi connectivity index (χ0) is 8.27. The fraction of sp³-hybridized carbons (Fsp3) is 0.400. The van der Waals surface area contributed by atoms with Crippen LogP contribution in [0.1, 0.15) is 26.7 Å². The minimum Gasteiger partial charge on any atom is -0.233 e. The highest BCUT2D eigenvalue weighted by Crippen LogP contribution is 2.26. The minimum absolute atomic E-state index is 0.740. The second-order valence-electron chi connectivity index (χ2n) is 2.56. The number of hydrogen-bond acceptors (Lipinski definition) is 1. The van der Waals surface area contributed by atoms with E-state index in [2.05, 4.69) is 13.8 Å². The summed E-state index contributed by atoms with van der Waals surface area (Å²) in [5.74, 6) is 1.95. The zero-order valence-electron chi connectivity index (χ0n) is 6.98. The van der Waals surface area contributed by atoms with Gasteiger partial charge in [-0.15, -0.1) is 0 Å². The Balaban J connectivity index is 3.05. The highest BCUT2D eigenvalue weighted by atomic mass is 16.1. The average molecular weight is 148 g/mol. The Morgan fingerprint density at radius 1 is 1.27 bits per heavy atom. The lowest BCUT2D eigenvalue weighted by Crippen LogP contribution is -1.84. The molecule has 0 radical (unpaired) electrons. The van der Waals surface area contributed by atoms with Gasteiger partial charge >= 0.3 is 0 Å². The van der Waals surface area contributed by atoms with E-state index in [1.165, 1.54) is 11.1 Å². The first-order chi connectivity index (χ1) is 5.33. The first kappa shape index (κ1) is 8.03. The van der Waals surface area contributed by atoms with Crippen LogP contribution in [0.3, 0.4) is 0 Å². The van der Waals surface area contributed by atoms with Gasteiger partial charge in [0.2, 0.25) is 0 Å². The van der Waals surface area contributed by atoms with Gasteiger partial charge in [0.1, 0.15) is 5.94 Å². The van der Waals surface area contributed by atoms with Crippen LogP contribution in [0.15, 0.2) is 28.9 Å². The standard InChI is InChI=1S/C10H12O/c1-3-8-5-6-9(7-11)10(8)4-2/h5-6H,3-4H2,1-2H3. The van der Waals surface area contributed by atoms with Crippen LogP contribution in [0.5, 0.6) is 0 Å². The van der Waals surface area contributed by atoms with Crippen LogP contribution in [0.4, 0.5) is 0 Å². The van der Waals surface area contributed by atoms with Gasteiger partial charge in [-0.1, -0.05) is 19.9 Å². The predicted octanol–water partition coefficient (Wildman–Crippen LogP) is 2.43. The highest BCUT2D eigenvalue weighted by Gasteiger charge is 2.11. The Bertz CT molecular complexity index is 263. The maximum Gasteiger partial charge on any atom is 0.132 e. The van der Waals surface area contributed by atoms with E-state index in [4.69, 9.17) is 0 Å². The van der Waals surface area contributed by atoms with Crippen molar-refractivity contribution in [3.05, 3.63) is 28.9 Å². The van der Waals surface area contributed by atoms with Crippen LogP contribution < -0.4 is 0 Å². The molecule has 0 aromatic carbocycles. The Morgan fingerprint density at radius 3 is 2.45 bits per heavy atom. The molecule has 0 saturated heterocycles. The third-order valence-electron chi connectivity index (χ3n) is 2.01. The van der Waals surface area contributed by atoms with Gasteiger partial charge in [-0.25, -0.2) is 4.79 Å². The van der Waals surface area contributed by atoms with Crippen LogP contribution in [0, 0.1) is 0 Å². The summed E-state index contributed by atoms with van der Waals surface area (Å²) in [6.07, 6.45) is 5.80. The van der Waals surface area contributed by atoms with E-state index in [9.17, 15) is 4.79 Å². The van der Waals surface area contributed by atoms with Crippen molar-refractivity contribution in [1.29, 1.82) is 0 Å². The monoisotopic (exact) mass is 148 g/mol. The molecule has 0 spiro atoms. The lowest BCUT2D eigenvalue weighted by Gasteiger charge is -1.99. The summed E-state index contributed by atoms with van der Waals surface area (Å²) in [6.45, 7) is 4.17. The van der Waals surface area contributed by atoms with Crippen LogP contribution in [0.2, 0.25) is 0 Å². The van der Waals surface area contributed by atoms with Crippen molar-refractivity contribution in [2.75, 3.05) is 0 Å². The Kier molecular flexibility index (Phi) is 2.45. The molecule has 0 unspecified atom stereocenters. The van der Waals surface area contributed by atoms with E-state index in [0.29, 0.717) is 0 Å². The van der Waals surface area contributed by atoms with E-state index in [0.717, 1.165) is 18.4 Å². The Hall–Kier alpha value is -1.07. The molecule has 1 rings (SSSR count). The lowest BCUT2D eigenvalue weighted by molar-refractivity contribution is 0.568. The summed E-state index contributed by atoms with van der Waals surface area (Å²) >= 11 is 0. The Labute approximate surface area is 67.1 Å². The molecule has 0 N–H and O–H groups in total.